The average Bonchev–Trinajstić information content (AvgIpc) is 3.17. The molecule has 0 radical (unpaired) electrons. The van der Waals surface area contributed by atoms with Gasteiger partial charge in [0.05, 0.1) is 25.9 Å². The number of carbonyl (C=O) groups excluding carboxylic acids is 1. The van der Waals surface area contributed by atoms with E-state index in [1.54, 1.807) is 13.0 Å². The molecule has 1 heterocycles. The highest BCUT2D eigenvalue weighted by Gasteiger charge is 2.44. The van der Waals surface area contributed by atoms with Crippen LogP contribution < -0.4 is 4.74 Å². The monoisotopic (exact) mass is 522 g/mol. The molecule has 0 amide bonds. The number of phenolic OH excluding ortho intramolecular Hbond substituents is 1. The summed E-state index contributed by atoms with van der Waals surface area (Å²) in [6.45, 7) is 0.681. The number of rotatable bonds is 9. The van der Waals surface area contributed by atoms with E-state index in [1.807, 2.05) is 0 Å². The van der Waals surface area contributed by atoms with E-state index < -0.39 is 55.4 Å². The zero-order valence-corrected chi connectivity index (χ0v) is 20.2. The molecule has 6 N–H and O–H groups in total. The Morgan fingerprint density at radius 1 is 1.16 bits per heavy atom. The quantitative estimate of drug-likeness (QED) is 0.186. The van der Waals surface area contributed by atoms with Gasteiger partial charge in [0, 0.05) is 18.1 Å². The molecule has 6 atom stereocenters. The van der Waals surface area contributed by atoms with Crippen LogP contribution in [-0.2, 0) is 23.8 Å². The summed E-state index contributed by atoms with van der Waals surface area (Å²) < 4.78 is 21.2. The second-order valence-electron chi connectivity index (χ2n) is 8.54. The van der Waals surface area contributed by atoms with Crippen LogP contribution in [-0.4, -0.2) is 99.7 Å². The molecule has 202 valence electrons. The van der Waals surface area contributed by atoms with Crippen molar-refractivity contribution in [2.45, 2.75) is 50.2 Å². The lowest BCUT2D eigenvalue weighted by atomic mass is 9.99. The summed E-state index contributed by atoms with van der Waals surface area (Å²) in [7, 11) is 1.39. The number of carbonyl (C=O) groups is 2. The van der Waals surface area contributed by atoms with Crippen molar-refractivity contribution in [3.63, 3.8) is 0 Å². The van der Waals surface area contributed by atoms with Gasteiger partial charge in [0.1, 0.15) is 30.5 Å². The fourth-order valence-electron chi connectivity index (χ4n) is 4.12. The number of ether oxygens (including phenoxy) is 4. The molecule has 0 unspecified atom stereocenters. The Balaban J connectivity index is 1.70. The number of phenols is 1. The van der Waals surface area contributed by atoms with E-state index in [-0.39, 0.29) is 35.7 Å². The van der Waals surface area contributed by atoms with Gasteiger partial charge in [0.25, 0.3) is 0 Å². The molecular weight excluding hydrogens is 492 g/mol. The molecular formula is C25H30O12. The van der Waals surface area contributed by atoms with E-state index in [2.05, 4.69) is 0 Å². The van der Waals surface area contributed by atoms with Crippen LogP contribution >= 0.6 is 0 Å². The summed E-state index contributed by atoms with van der Waals surface area (Å²) in [6.07, 6.45) is -4.16. The molecule has 1 fully saturated rings. The normalized spacial score (nSPS) is 29.2. The van der Waals surface area contributed by atoms with E-state index in [0.717, 1.165) is 6.08 Å². The van der Waals surface area contributed by atoms with Crippen LogP contribution in [0.25, 0.3) is 6.08 Å². The first-order chi connectivity index (χ1) is 17.6. The van der Waals surface area contributed by atoms with Crippen molar-refractivity contribution in [2.75, 3.05) is 20.3 Å². The van der Waals surface area contributed by atoms with E-state index >= 15 is 0 Å². The predicted molar refractivity (Wildman–Crippen MR) is 126 cm³/mol. The first-order valence-electron chi connectivity index (χ1n) is 11.4. The number of hydrogen-bond donors (Lipinski definition) is 6. The Bertz CT molecular complexity index is 1090. The summed E-state index contributed by atoms with van der Waals surface area (Å²) in [5, 5.41) is 58.5. The van der Waals surface area contributed by atoms with Gasteiger partial charge in [-0.15, -0.1) is 0 Å². The molecule has 1 saturated heterocycles. The highest BCUT2D eigenvalue weighted by Crippen LogP contribution is 2.34. The summed E-state index contributed by atoms with van der Waals surface area (Å²) in [6, 6.07) is 4.49. The van der Waals surface area contributed by atoms with Crippen LogP contribution in [0.4, 0.5) is 0 Å². The minimum Gasteiger partial charge on any atom is -0.504 e. The highest BCUT2D eigenvalue weighted by atomic mass is 16.7. The molecule has 1 aliphatic heterocycles. The zero-order valence-electron chi connectivity index (χ0n) is 20.2. The van der Waals surface area contributed by atoms with Crippen molar-refractivity contribution in [1.82, 2.24) is 0 Å². The number of hydrogen-bond acceptors (Lipinski definition) is 11. The van der Waals surface area contributed by atoms with Crippen LogP contribution in [0, 0.1) is 0 Å². The second kappa shape index (κ2) is 12.3. The topological polar surface area (TPSA) is 192 Å². The third-order valence-electron chi connectivity index (χ3n) is 6.05. The number of aliphatic hydroxyl groups is 4. The van der Waals surface area contributed by atoms with Crippen LogP contribution in [0.5, 0.6) is 11.5 Å². The number of carboxylic acids is 1. The smallest absolute Gasteiger partial charge is 0.336 e. The minimum absolute atomic E-state index is 0.0394. The maximum atomic E-state index is 12.5. The fourth-order valence-corrected chi connectivity index (χ4v) is 4.12. The highest BCUT2D eigenvalue weighted by molar-refractivity contribution is 5.95. The van der Waals surface area contributed by atoms with Gasteiger partial charge >= 0.3 is 11.9 Å². The number of methoxy groups -OCH3 is 1. The summed E-state index contributed by atoms with van der Waals surface area (Å²) in [4.78, 5) is 24.3. The largest absolute Gasteiger partial charge is 0.504 e. The third kappa shape index (κ3) is 6.55. The maximum Gasteiger partial charge on any atom is 0.336 e. The summed E-state index contributed by atoms with van der Waals surface area (Å²) in [5.41, 5.74) is 1.18. The van der Waals surface area contributed by atoms with Crippen LogP contribution in [0.2, 0.25) is 0 Å². The van der Waals surface area contributed by atoms with Crippen molar-refractivity contribution in [3.8, 4) is 11.5 Å². The Morgan fingerprint density at radius 3 is 2.54 bits per heavy atom. The van der Waals surface area contributed by atoms with Crippen LogP contribution in [0.3, 0.4) is 0 Å². The lowest BCUT2D eigenvalue weighted by Crippen LogP contribution is -2.59. The predicted octanol–water partition coefficient (Wildman–Crippen LogP) is -0.126. The van der Waals surface area contributed by atoms with Gasteiger partial charge in [-0.05, 0) is 30.7 Å². The SMILES string of the molecule is COc1cc(C=CC(=O)O[C@H]2CC(C)=C(C(=O)O)C2=CCO[C@H]2O[C@H](CO)[C@@H](O)[C@H](O)[C@H]2O)ccc1O. The number of aliphatic hydroxyl groups excluding tert-OH is 4. The first kappa shape index (κ1) is 28.3. The van der Waals surface area contributed by atoms with Gasteiger partial charge in [-0.2, -0.15) is 0 Å². The molecule has 2 aliphatic rings. The molecule has 1 aromatic carbocycles. The first-order valence-corrected chi connectivity index (χ1v) is 11.4. The van der Waals surface area contributed by atoms with Gasteiger partial charge in [-0.1, -0.05) is 17.7 Å². The van der Waals surface area contributed by atoms with Crippen molar-refractivity contribution in [2.24, 2.45) is 0 Å². The zero-order chi connectivity index (χ0) is 27.3. The Morgan fingerprint density at radius 2 is 1.89 bits per heavy atom. The third-order valence-corrected chi connectivity index (χ3v) is 6.05. The molecule has 3 rings (SSSR count). The van der Waals surface area contributed by atoms with E-state index in [4.69, 9.17) is 18.9 Å². The molecule has 0 saturated carbocycles. The minimum atomic E-state index is -1.62. The van der Waals surface area contributed by atoms with Gasteiger partial charge in [0.15, 0.2) is 17.8 Å². The number of esters is 1. The number of aromatic hydroxyl groups is 1. The molecule has 0 spiro atoms. The van der Waals surface area contributed by atoms with Crippen molar-refractivity contribution in [3.05, 3.63) is 52.6 Å². The van der Waals surface area contributed by atoms with Gasteiger partial charge < -0.3 is 49.6 Å². The van der Waals surface area contributed by atoms with Crippen molar-refractivity contribution >= 4 is 18.0 Å². The number of carboxylic acid groups (broad SMARTS) is 1. The Kier molecular flexibility index (Phi) is 9.43. The van der Waals surface area contributed by atoms with E-state index in [1.165, 1.54) is 31.4 Å². The van der Waals surface area contributed by atoms with Crippen molar-refractivity contribution < 1.29 is 59.2 Å². The fraction of sp³-hybridized carbons (Fsp3) is 0.440. The lowest BCUT2D eigenvalue weighted by molar-refractivity contribution is -0.298. The number of aliphatic carboxylic acids is 1. The van der Waals surface area contributed by atoms with Gasteiger partial charge in [-0.3, -0.25) is 0 Å². The Hall–Kier alpha value is -3.26. The Labute approximate surface area is 212 Å². The summed E-state index contributed by atoms with van der Waals surface area (Å²) >= 11 is 0. The van der Waals surface area contributed by atoms with Crippen LogP contribution in [0.15, 0.2) is 47.1 Å². The van der Waals surface area contributed by atoms with Crippen LogP contribution in [0.1, 0.15) is 18.9 Å². The molecule has 0 aromatic heterocycles. The lowest BCUT2D eigenvalue weighted by Gasteiger charge is -2.39. The molecule has 1 aromatic rings. The maximum absolute atomic E-state index is 12.5. The average molecular weight is 523 g/mol. The summed E-state index contributed by atoms with van der Waals surface area (Å²) in [5.74, 6) is -1.79. The number of benzene rings is 1. The van der Waals surface area contributed by atoms with Crippen molar-refractivity contribution in [1.29, 1.82) is 0 Å². The van der Waals surface area contributed by atoms with E-state index in [9.17, 15) is 40.2 Å². The van der Waals surface area contributed by atoms with E-state index in [0.29, 0.717) is 11.1 Å². The molecule has 12 heteroatoms. The van der Waals surface area contributed by atoms with Gasteiger partial charge in [0.2, 0.25) is 0 Å². The molecule has 37 heavy (non-hydrogen) atoms. The molecule has 1 aliphatic carbocycles. The molecule has 0 bridgehead atoms. The second-order valence-corrected chi connectivity index (χ2v) is 8.54. The van der Waals surface area contributed by atoms with Gasteiger partial charge in [-0.25, -0.2) is 9.59 Å². The molecule has 12 nitrogen and oxygen atoms in total. The standard InChI is InChI=1S/C25H30O12/c1-12-9-16(36-19(28)6-4-13-3-5-15(27)17(10-13)34-2)14(20(12)24(32)33)7-8-35-25-23(31)22(30)21(29)18(11-26)37-25/h3-7,10,16,18,21-23,25-27,29-31H,8-9,11H2,1-2H3,(H,32,33)/t16-,18+,21+,22-,23+,25-/m0/s1.